The topological polar surface area (TPSA) is 58.7 Å². The lowest BCUT2D eigenvalue weighted by atomic mass is 9.82. The molecule has 1 saturated heterocycles. The second-order valence-corrected chi connectivity index (χ2v) is 5.57. The lowest BCUT2D eigenvalue weighted by molar-refractivity contribution is 0.0331. The third-order valence-corrected chi connectivity index (χ3v) is 3.66. The normalized spacial score (nSPS) is 25.3. The van der Waals surface area contributed by atoms with Crippen molar-refractivity contribution in [2.75, 3.05) is 33.4 Å². The van der Waals surface area contributed by atoms with E-state index in [2.05, 4.69) is 18.7 Å². The maximum atomic E-state index is 9.43. The van der Waals surface area contributed by atoms with Crippen LogP contribution in [0.5, 0.6) is 0 Å². The van der Waals surface area contributed by atoms with Gasteiger partial charge in [0.1, 0.15) is 0 Å². The first-order valence-electron chi connectivity index (χ1n) is 6.09. The molecule has 0 amide bonds. The molecular formula is C12H26N2O2. The summed E-state index contributed by atoms with van der Waals surface area (Å²) in [6.45, 7) is 7.27. The summed E-state index contributed by atoms with van der Waals surface area (Å²) in [4.78, 5) is 2.30. The fraction of sp³-hybridized carbons (Fsp3) is 1.00. The van der Waals surface area contributed by atoms with Crippen molar-refractivity contribution in [3.05, 3.63) is 0 Å². The van der Waals surface area contributed by atoms with Crippen molar-refractivity contribution in [1.82, 2.24) is 4.90 Å². The van der Waals surface area contributed by atoms with E-state index >= 15 is 0 Å². The highest BCUT2D eigenvalue weighted by molar-refractivity contribution is 4.87. The summed E-state index contributed by atoms with van der Waals surface area (Å²) in [5.41, 5.74) is 6.44. The molecule has 0 aromatic heterocycles. The van der Waals surface area contributed by atoms with Crippen LogP contribution in [0.25, 0.3) is 0 Å². The van der Waals surface area contributed by atoms with Crippen LogP contribution in [-0.4, -0.2) is 55.5 Å². The van der Waals surface area contributed by atoms with Gasteiger partial charge in [0.25, 0.3) is 0 Å². The highest BCUT2D eigenvalue weighted by Gasteiger charge is 2.31. The van der Waals surface area contributed by atoms with Crippen molar-refractivity contribution in [2.45, 2.75) is 38.8 Å². The van der Waals surface area contributed by atoms with Crippen molar-refractivity contribution < 1.29 is 9.84 Å². The number of rotatable bonds is 5. The zero-order valence-electron chi connectivity index (χ0n) is 10.8. The first-order chi connectivity index (χ1) is 7.50. The molecule has 1 fully saturated rings. The maximum Gasteiger partial charge on any atom is 0.0629 e. The van der Waals surface area contributed by atoms with Crippen LogP contribution in [0, 0.1) is 5.41 Å². The van der Waals surface area contributed by atoms with Crippen LogP contribution in [0.2, 0.25) is 0 Å². The number of likely N-dealkylation sites (tertiary alicyclic amines) is 1. The standard InChI is InChI=1S/C12H26N2O2/c1-12(2)4-6-14(7-5-12)11(8-15)10(13)9-16-3/h10-11,15H,4-9,13H2,1-3H3. The summed E-state index contributed by atoms with van der Waals surface area (Å²) < 4.78 is 5.06. The van der Waals surface area contributed by atoms with Gasteiger partial charge in [-0.2, -0.15) is 0 Å². The number of piperidine rings is 1. The number of nitrogens with zero attached hydrogens (tertiary/aromatic N) is 1. The Hall–Kier alpha value is -0.160. The largest absolute Gasteiger partial charge is 0.395 e. The first-order valence-corrected chi connectivity index (χ1v) is 6.09. The minimum Gasteiger partial charge on any atom is -0.395 e. The Labute approximate surface area is 98.8 Å². The van der Waals surface area contributed by atoms with Crippen molar-refractivity contribution in [1.29, 1.82) is 0 Å². The molecule has 0 aromatic rings. The van der Waals surface area contributed by atoms with Crippen molar-refractivity contribution >= 4 is 0 Å². The van der Waals surface area contributed by atoms with Gasteiger partial charge in [0.05, 0.1) is 19.3 Å². The summed E-state index contributed by atoms with van der Waals surface area (Å²) in [6, 6.07) is -0.0627. The number of hydrogen-bond acceptors (Lipinski definition) is 4. The van der Waals surface area contributed by atoms with Crippen LogP contribution < -0.4 is 5.73 Å². The lowest BCUT2D eigenvalue weighted by Crippen LogP contribution is -2.55. The predicted octanol–water partition coefficient (Wildman–Crippen LogP) is 0.443. The minimum atomic E-state index is -0.101. The van der Waals surface area contributed by atoms with Gasteiger partial charge in [-0.3, -0.25) is 4.90 Å². The Morgan fingerprint density at radius 3 is 2.38 bits per heavy atom. The van der Waals surface area contributed by atoms with E-state index in [0.29, 0.717) is 12.0 Å². The molecule has 16 heavy (non-hydrogen) atoms. The van der Waals surface area contributed by atoms with Crippen LogP contribution in [-0.2, 0) is 4.74 Å². The van der Waals surface area contributed by atoms with Crippen molar-refractivity contribution in [3.8, 4) is 0 Å². The number of methoxy groups -OCH3 is 1. The summed E-state index contributed by atoms with van der Waals surface area (Å²) >= 11 is 0. The highest BCUT2D eigenvalue weighted by Crippen LogP contribution is 2.30. The van der Waals surface area contributed by atoms with E-state index in [9.17, 15) is 5.11 Å². The fourth-order valence-corrected chi connectivity index (χ4v) is 2.29. The molecule has 96 valence electrons. The van der Waals surface area contributed by atoms with Crippen LogP contribution >= 0.6 is 0 Å². The minimum absolute atomic E-state index is 0.0380. The molecule has 0 spiro atoms. The number of hydrogen-bond donors (Lipinski definition) is 2. The molecule has 2 atom stereocenters. The van der Waals surface area contributed by atoms with E-state index < -0.39 is 0 Å². The average molecular weight is 230 g/mol. The SMILES string of the molecule is COCC(N)C(CO)N1CCC(C)(C)CC1. The molecule has 0 aromatic carbocycles. The fourth-order valence-electron chi connectivity index (χ4n) is 2.29. The Morgan fingerprint density at radius 1 is 1.38 bits per heavy atom. The summed E-state index contributed by atoms with van der Waals surface area (Å²) in [5, 5.41) is 9.43. The number of aliphatic hydroxyl groups is 1. The Bertz CT molecular complexity index is 199. The zero-order chi connectivity index (χ0) is 12.2. The Kier molecular flexibility index (Phi) is 5.18. The molecule has 4 heteroatoms. The van der Waals surface area contributed by atoms with Gasteiger partial charge in [-0.25, -0.2) is 0 Å². The van der Waals surface area contributed by atoms with E-state index in [1.807, 2.05) is 0 Å². The lowest BCUT2D eigenvalue weighted by Gasteiger charge is -2.42. The van der Waals surface area contributed by atoms with Crippen molar-refractivity contribution in [2.24, 2.45) is 11.1 Å². The monoisotopic (exact) mass is 230 g/mol. The molecule has 1 heterocycles. The van der Waals surface area contributed by atoms with Gasteiger partial charge < -0.3 is 15.6 Å². The number of ether oxygens (including phenoxy) is 1. The van der Waals surface area contributed by atoms with Crippen LogP contribution in [0.3, 0.4) is 0 Å². The van der Waals surface area contributed by atoms with Crippen LogP contribution in [0.4, 0.5) is 0 Å². The van der Waals surface area contributed by atoms with Crippen LogP contribution in [0.1, 0.15) is 26.7 Å². The quantitative estimate of drug-likeness (QED) is 0.719. The van der Waals surface area contributed by atoms with E-state index in [0.717, 1.165) is 13.1 Å². The molecule has 1 aliphatic rings. The second-order valence-electron chi connectivity index (χ2n) is 5.57. The third-order valence-electron chi connectivity index (χ3n) is 3.66. The number of nitrogens with two attached hydrogens (primary N) is 1. The molecule has 0 aliphatic carbocycles. The first kappa shape index (κ1) is 13.9. The molecule has 0 saturated carbocycles. The predicted molar refractivity (Wildman–Crippen MR) is 65.3 cm³/mol. The van der Waals surface area contributed by atoms with E-state index in [1.165, 1.54) is 12.8 Å². The second kappa shape index (κ2) is 5.96. The molecule has 1 aliphatic heterocycles. The van der Waals surface area contributed by atoms with Gasteiger partial charge in [0.15, 0.2) is 0 Å². The van der Waals surface area contributed by atoms with E-state index in [-0.39, 0.29) is 18.7 Å². The summed E-state index contributed by atoms with van der Waals surface area (Å²) in [5.74, 6) is 0. The molecular weight excluding hydrogens is 204 g/mol. The number of aliphatic hydroxyl groups excluding tert-OH is 1. The molecule has 3 N–H and O–H groups in total. The Morgan fingerprint density at radius 2 is 1.94 bits per heavy atom. The molecule has 2 unspecified atom stereocenters. The van der Waals surface area contributed by atoms with E-state index in [1.54, 1.807) is 7.11 Å². The molecule has 1 rings (SSSR count). The Balaban J connectivity index is 2.48. The summed E-state index contributed by atoms with van der Waals surface area (Å²) in [6.07, 6.45) is 2.34. The van der Waals surface area contributed by atoms with Gasteiger partial charge in [-0.1, -0.05) is 13.8 Å². The molecule has 4 nitrogen and oxygen atoms in total. The van der Waals surface area contributed by atoms with E-state index in [4.69, 9.17) is 10.5 Å². The van der Waals surface area contributed by atoms with Crippen molar-refractivity contribution in [3.63, 3.8) is 0 Å². The third kappa shape index (κ3) is 3.70. The zero-order valence-corrected chi connectivity index (χ0v) is 10.8. The van der Waals surface area contributed by atoms with Gasteiger partial charge >= 0.3 is 0 Å². The maximum absolute atomic E-state index is 9.43. The summed E-state index contributed by atoms with van der Waals surface area (Å²) in [7, 11) is 1.65. The van der Waals surface area contributed by atoms with Gasteiger partial charge in [-0.15, -0.1) is 0 Å². The van der Waals surface area contributed by atoms with Crippen LogP contribution in [0.15, 0.2) is 0 Å². The highest BCUT2D eigenvalue weighted by atomic mass is 16.5. The van der Waals surface area contributed by atoms with Gasteiger partial charge in [0.2, 0.25) is 0 Å². The van der Waals surface area contributed by atoms with Gasteiger partial charge in [-0.05, 0) is 31.3 Å². The van der Waals surface area contributed by atoms with Gasteiger partial charge in [0, 0.05) is 13.2 Å². The average Bonchev–Trinajstić information content (AvgIpc) is 2.22. The molecule has 0 radical (unpaired) electrons. The molecule has 0 bridgehead atoms. The smallest absolute Gasteiger partial charge is 0.0629 e.